The number of carbonyl (C=O) groups excluding carboxylic acids is 1. The minimum atomic E-state index is -1.40. The molecular formula is C25H20F3N3O7S. The lowest BCUT2D eigenvalue weighted by molar-refractivity contribution is -0.127. The van der Waals surface area contributed by atoms with Crippen LogP contribution in [0.1, 0.15) is 22.2 Å². The van der Waals surface area contributed by atoms with E-state index in [1.807, 2.05) is 0 Å². The largest absolute Gasteiger partial charge is 0.491 e. The van der Waals surface area contributed by atoms with Crippen LogP contribution in [-0.4, -0.2) is 51.6 Å². The predicted octanol–water partition coefficient (Wildman–Crippen LogP) is 3.29. The molecule has 0 fully saturated rings. The Balaban J connectivity index is 1.65. The molecule has 2 aromatic carbocycles. The first-order valence-corrected chi connectivity index (χ1v) is 12.1. The lowest BCUT2D eigenvalue weighted by Crippen LogP contribution is -2.34. The lowest BCUT2D eigenvalue weighted by atomic mass is 10.2. The monoisotopic (exact) mass is 563 g/mol. The van der Waals surface area contributed by atoms with Crippen LogP contribution in [0.25, 0.3) is 16.6 Å². The van der Waals surface area contributed by atoms with Crippen LogP contribution in [0.15, 0.2) is 45.3 Å². The number of aromatic carboxylic acids is 1. The van der Waals surface area contributed by atoms with E-state index in [1.54, 1.807) is 7.05 Å². The molecule has 39 heavy (non-hydrogen) atoms. The van der Waals surface area contributed by atoms with E-state index in [2.05, 4.69) is 4.98 Å². The van der Waals surface area contributed by atoms with Gasteiger partial charge in [0.25, 0.3) is 5.56 Å². The number of carboxylic acids is 1. The first-order chi connectivity index (χ1) is 18.5. The van der Waals surface area contributed by atoms with E-state index in [0.29, 0.717) is 4.57 Å². The fourth-order valence-corrected chi connectivity index (χ4v) is 4.45. The van der Waals surface area contributed by atoms with Gasteiger partial charge in [-0.25, -0.2) is 27.3 Å². The number of hydrogen-bond acceptors (Lipinski definition) is 7. The van der Waals surface area contributed by atoms with E-state index < -0.39 is 47.0 Å². The molecule has 0 atom stereocenters. The van der Waals surface area contributed by atoms with Gasteiger partial charge in [0, 0.05) is 25.4 Å². The molecule has 204 valence electrons. The van der Waals surface area contributed by atoms with Gasteiger partial charge in [0.2, 0.25) is 5.91 Å². The zero-order chi connectivity index (χ0) is 28.4. The molecule has 0 unspecified atom stereocenters. The maximum absolute atomic E-state index is 14.8. The van der Waals surface area contributed by atoms with Gasteiger partial charge in [-0.05, 0) is 24.3 Å². The van der Waals surface area contributed by atoms with Crippen molar-refractivity contribution in [1.82, 2.24) is 14.5 Å². The molecule has 0 radical (unpaired) electrons. The zero-order valence-electron chi connectivity index (χ0n) is 20.4. The van der Waals surface area contributed by atoms with Crippen LogP contribution in [0.3, 0.4) is 0 Å². The maximum atomic E-state index is 14.8. The molecule has 14 heteroatoms. The van der Waals surface area contributed by atoms with Gasteiger partial charge in [-0.15, -0.1) is 11.3 Å². The summed E-state index contributed by atoms with van der Waals surface area (Å²) < 4.78 is 54.8. The van der Waals surface area contributed by atoms with E-state index in [-0.39, 0.29) is 51.9 Å². The number of aromatic nitrogens is 2. The first kappa shape index (κ1) is 27.4. The summed E-state index contributed by atoms with van der Waals surface area (Å²) in [7, 11) is 1.54. The Morgan fingerprint density at radius 1 is 1.10 bits per heavy atom. The minimum Gasteiger partial charge on any atom is -0.491 e. The molecule has 0 saturated heterocycles. The number of nitrogens with one attached hydrogen (secondary N) is 1. The summed E-state index contributed by atoms with van der Waals surface area (Å²) in [6.07, 6.45) is 0. The molecule has 2 N–H and O–H groups in total. The van der Waals surface area contributed by atoms with Crippen molar-refractivity contribution in [1.29, 1.82) is 0 Å². The number of ether oxygens (including phenoxy) is 2. The summed E-state index contributed by atoms with van der Waals surface area (Å²) in [4.78, 5) is 51.9. The number of fused-ring (bicyclic) bond motifs is 1. The van der Waals surface area contributed by atoms with Gasteiger partial charge < -0.3 is 24.5 Å². The van der Waals surface area contributed by atoms with Crippen molar-refractivity contribution < 1.29 is 37.3 Å². The number of carboxylic acid groups (broad SMARTS) is 1. The smallest absolute Gasteiger partial charge is 0.346 e. The highest BCUT2D eigenvalue weighted by atomic mass is 32.1. The standard InChI is InChI=1S/C25H20F3N3O7S/c1-12(32)30(2)7-8-37-19-6-5-16(27)21(28)14(19)10-38-13-3-4-15(26)18(9-13)31-23(33)20-17(29-25(31)36)11-39-22(20)24(34)35/h3-6,9,11H,7-8,10H2,1-2H3,(H,29,36)(H,34,35). The molecule has 4 rings (SSSR count). The predicted molar refractivity (Wildman–Crippen MR) is 134 cm³/mol. The number of benzene rings is 2. The van der Waals surface area contributed by atoms with Crippen molar-refractivity contribution in [3.05, 3.63) is 84.4 Å². The van der Waals surface area contributed by atoms with Crippen molar-refractivity contribution in [3.63, 3.8) is 0 Å². The van der Waals surface area contributed by atoms with Crippen molar-refractivity contribution >= 4 is 34.1 Å². The molecule has 0 spiro atoms. The van der Waals surface area contributed by atoms with Crippen LogP contribution in [0, 0.1) is 17.5 Å². The topological polar surface area (TPSA) is 131 Å². The normalized spacial score (nSPS) is 11.0. The number of likely N-dealkylation sites (N-methyl/N-ethyl adjacent to an activating group) is 1. The summed E-state index contributed by atoms with van der Waals surface area (Å²) in [6.45, 7) is 0.936. The Labute approximate surface area is 221 Å². The molecule has 0 aliphatic carbocycles. The fourth-order valence-electron chi connectivity index (χ4n) is 3.62. The third-order valence-corrected chi connectivity index (χ3v) is 6.73. The number of carbonyl (C=O) groups is 2. The van der Waals surface area contributed by atoms with E-state index in [9.17, 15) is 37.5 Å². The first-order valence-electron chi connectivity index (χ1n) is 11.2. The lowest BCUT2D eigenvalue weighted by Gasteiger charge is -2.17. The summed E-state index contributed by atoms with van der Waals surface area (Å²) in [6, 6.07) is 5.08. The van der Waals surface area contributed by atoms with E-state index in [4.69, 9.17) is 9.47 Å². The van der Waals surface area contributed by atoms with Gasteiger partial charge in [0.1, 0.15) is 35.4 Å². The number of hydrogen-bond donors (Lipinski definition) is 2. The SMILES string of the molecule is CC(=O)N(C)CCOc1ccc(F)c(F)c1COc1ccc(F)c(-n2c(=O)[nH]c3csc(C(=O)O)c3c2=O)c1. The highest BCUT2D eigenvalue weighted by molar-refractivity contribution is 7.13. The van der Waals surface area contributed by atoms with Gasteiger partial charge in [-0.1, -0.05) is 0 Å². The number of amides is 1. The second-order valence-corrected chi connectivity index (χ2v) is 9.14. The molecule has 1 amide bonds. The van der Waals surface area contributed by atoms with Crippen LogP contribution < -0.4 is 20.7 Å². The van der Waals surface area contributed by atoms with Crippen LogP contribution in [-0.2, 0) is 11.4 Å². The Bertz CT molecular complexity index is 1710. The summed E-state index contributed by atoms with van der Waals surface area (Å²) in [5, 5.41) is 10.3. The number of halogens is 3. The second kappa shape index (κ2) is 11.0. The molecular weight excluding hydrogens is 543 g/mol. The molecule has 4 aromatic rings. The van der Waals surface area contributed by atoms with Crippen LogP contribution >= 0.6 is 11.3 Å². The average Bonchev–Trinajstić information content (AvgIpc) is 3.31. The molecule has 0 aliphatic heterocycles. The Hall–Kier alpha value is -4.59. The zero-order valence-corrected chi connectivity index (χ0v) is 21.2. The molecule has 2 heterocycles. The third-order valence-electron chi connectivity index (χ3n) is 5.76. The van der Waals surface area contributed by atoms with Gasteiger partial charge >= 0.3 is 11.7 Å². The molecule has 2 aromatic heterocycles. The number of rotatable bonds is 9. The van der Waals surface area contributed by atoms with E-state index >= 15 is 0 Å². The fraction of sp³-hybridized carbons (Fsp3) is 0.200. The van der Waals surface area contributed by atoms with E-state index in [1.165, 1.54) is 23.3 Å². The van der Waals surface area contributed by atoms with Gasteiger partial charge in [0.05, 0.1) is 28.7 Å². The van der Waals surface area contributed by atoms with Crippen LogP contribution in [0.4, 0.5) is 13.2 Å². The molecule has 0 saturated carbocycles. The average molecular weight is 564 g/mol. The second-order valence-electron chi connectivity index (χ2n) is 8.26. The molecule has 0 bridgehead atoms. The van der Waals surface area contributed by atoms with Crippen molar-refractivity contribution in [2.75, 3.05) is 20.2 Å². The number of H-pyrrole nitrogens is 1. The Morgan fingerprint density at radius 3 is 2.51 bits per heavy atom. The summed E-state index contributed by atoms with van der Waals surface area (Å²) in [5.41, 5.74) is -2.95. The Kier molecular flexibility index (Phi) is 7.76. The number of aromatic amines is 1. The third kappa shape index (κ3) is 5.50. The van der Waals surface area contributed by atoms with Gasteiger partial charge in [-0.2, -0.15) is 0 Å². The van der Waals surface area contributed by atoms with Crippen molar-refractivity contribution in [3.8, 4) is 17.2 Å². The minimum absolute atomic E-state index is 0.0138. The summed E-state index contributed by atoms with van der Waals surface area (Å²) >= 11 is 0.724. The van der Waals surface area contributed by atoms with Crippen molar-refractivity contribution in [2.45, 2.75) is 13.5 Å². The van der Waals surface area contributed by atoms with Gasteiger partial charge in [0.15, 0.2) is 11.6 Å². The number of nitrogens with zero attached hydrogens (tertiary/aromatic N) is 2. The number of thiophene rings is 1. The van der Waals surface area contributed by atoms with Gasteiger partial charge in [-0.3, -0.25) is 9.59 Å². The van der Waals surface area contributed by atoms with Crippen LogP contribution in [0.2, 0.25) is 0 Å². The van der Waals surface area contributed by atoms with Crippen molar-refractivity contribution in [2.24, 2.45) is 0 Å². The quantitative estimate of drug-likeness (QED) is 0.320. The maximum Gasteiger partial charge on any atom is 0.346 e. The highest BCUT2D eigenvalue weighted by Crippen LogP contribution is 2.27. The molecule has 0 aliphatic rings. The highest BCUT2D eigenvalue weighted by Gasteiger charge is 2.21. The van der Waals surface area contributed by atoms with Crippen LogP contribution in [0.5, 0.6) is 11.5 Å². The summed E-state index contributed by atoms with van der Waals surface area (Å²) in [5.74, 6) is -5.19. The van der Waals surface area contributed by atoms with E-state index in [0.717, 1.165) is 35.6 Å². The Morgan fingerprint density at radius 2 is 1.82 bits per heavy atom. The molecule has 10 nitrogen and oxygen atoms in total.